The predicted octanol–water partition coefficient (Wildman–Crippen LogP) is 8.69. The highest BCUT2D eigenvalue weighted by Gasteiger charge is 2.16. The number of hydrogen-bond donors (Lipinski definition) is 0. The fourth-order valence-electron chi connectivity index (χ4n) is 2.99. The molecule has 1 rings (SSSR count). The molecule has 150 valence electrons. The van der Waals surface area contributed by atoms with E-state index in [0.29, 0.717) is 0 Å². The van der Waals surface area contributed by atoms with Crippen molar-refractivity contribution in [1.82, 2.24) is 0 Å². The molecule has 0 N–H and O–H groups in total. The summed E-state index contributed by atoms with van der Waals surface area (Å²) >= 11 is 7.34. The average Bonchev–Trinajstić information content (AvgIpc) is 2.63. The lowest BCUT2D eigenvalue weighted by atomic mass is 10.1. The van der Waals surface area contributed by atoms with Crippen LogP contribution in [-0.2, 0) is 0 Å². The number of ether oxygens (including phenoxy) is 2. The maximum atomic E-state index is 6.26. The highest BCUT2D eigenvalue weighted by Crippen LogP contribution is 2.38. The van der Waals surface area contributed by atoms with Gasteiger partial charge in [0.25, 0.3) is 0 Å². The Morgan fingerprint density at radius 3 is 1.38 bits per heavy atom. The van der Waals surface area contributed by atoms with Crippen LogP contribution in [0.1, 0.15) is 91.9 Å². The molecule has 2 atom stereocenters. The molecular weight excluding hydrogens is 456 g/mol. The predicted molar refractivity (Wildman–Crippen MR) is 120 cm³/mol. The lowest BCUT2D eigenvalue weighted by Gasteiger charge is -2.22. The van der Waals surface area contributed by atoms with Crippen molar-refractivity contribution in [3.05, 3.63) is 21.1 Å². The number of benzene rings is 1. The lowest BCUT2D eigenvalue weighted by molar-refractivity contribution is 0.175. The van der Waals surface area contributed by atoms with Crippen molar-refractivity contribution in [2.75, 3.05) is 0 Å². The monoisotopic (exact) mass is 490 g/mol. The van der Waals surface area contributed by atoms with Gasteiger partial charge in [-0.15, -0.1) is 0 Å². The molecule has 0 spiro atoms. The topological polar surface area (TPSA) is 18.5 Å². The first-order valence-corrected chi connectivity index (χ1v) is 12.0. The van der Waals surface area contributed by atoms with Gasteiger partial charge in [-0.25, -0.2) is 0 Å². The molecule has 0 bridgehead atoms. The minimum absolute atomic E-state index is 0.272. The third-order valence-electron chi connectivity index (χ3n) is 4.74. The van der Waals surface area contributed by atoms with Gasteiger partial charge in [0.1, 0.15) is 11.5 Å². The van der Waals surface area contributed by atoms with Crippen molar-refractivity contribution < 1.29 is 9.47 Å². The molecule has 0 aromatic heterocycles. The second-order valence-electron chi connectivity index (χ2n) is 7.00. The fraction of sp³-hybridized carbons (Fsp3) is 0.727. The van der Waals surface area contributed by atoms with Crippen LogP contribution >= 0.6 is 31.9 Å². The Balaban J connectivity index is 2.73. The molecule has 0 saturated heterocycles. The van der Waals surface area contributed by atoms with E-state index in [-0.39, 0.29) is 12.2 Å². The van der Waals surface area contributed by atoms with Crippen LogP contribution < -0.4 is 9.47 Å². The first kappa shape index (κ1) is 23.8. The summed E-state index contributed by atoms with van der Waals surface area (Å²) in [5.74, 6) is 1.79. The normalized spacial score (nSPS) is 13.5. The minimum atomic E-state index is 0.272. The molecule has 1 aromatic rings. The van der Waals surface area contributed by atoms with E-state index in [9.17, 15) is 0 Å². The van der Waals surface area contributed by atoms with E-state index >= 15 is 0 Å². The quantitative estimate of drug-likeness (QED) is 0.242. The van der Waals surface area contributed by atoms with Crippen LogP contribution in [0.2, 0.25) is 0 Å². The molecule has 0 aliphatic heterocycles. The van der Waals surface area contributed by atoms with E-state index in [1.165, 1.54) is 38.5 Å². The van der Waals surface area contributed by atoms with Crippen LogP contribution in [0.5, 0.6) is 11.5 Å². The van der Waals surface area contributed by atoms with Crippen LogP contribution in [0.25, 0.3) is 0 Å². The van der Waals surface area contributed by atoms with Crippen LogP contribution in [-0.4, -0.2) is 12.2 Å². The number of unbranched alkanes of at least 4 members (excludes halogenated alkanes) is 4. The van der Waals surface area contributed by atoms with Gasteiger partial charge in [0.05, 0.1) is 21.2 Å². The van der Waals surface area contributed by atoms with Crippen LogP contribution in [0.4, 0.5) is 0 Å². The van der Waals surface area contributed by atoms with E-state index in [0.717, 1.165) is 46.1 Å². The van der Waals surface area contributed by atoms with Crippen LogP contribution in [0.3, 0.4) is 0 Å². The van der Waals surface area contributed by atoms with E-state index in [4.69, 9.17) is 9.47 Å². The van der Waals surface area contributed by atoms with E-state index in [2.05, 4.69) is 59.6 Å². The summed E-state index contributed by atoms with van der Waals surface area (Å²) in [6.45, 7) is 8.86. The van der Waals surface area contributed by atoms with Gasteiger partial charge in [0.2, 0.25) is 0 Å². The van der Waals surface area contributed by atoms with Gasteiger partial charge in [-0.05, 0) is 82.5 Å². The average molecular weight is 492 g/mol. The maximum absolute atomic E-state index is 6.26. The van der Waals surface area contributed by atoms with E-state index < -0.39 is 0 Å². The molecule has 0 aliphatic carbocycles. The van der Waals surface area contributed by atoms with Gasteiger partial charge in [0.15, 0.2) is 0 Å². The molecule has 0 amide bonds. The summed E-state index contributed by atoms with van der Waals surface area (Å²) in [7, 11) is 0. The Kier molecular flexibility index (Phi) is 12.7. The molecule has 2 nitrogen and oxygen atoms in total. The van der Waals surface area contributed by atoms with E-state index in [1.54, 1.807) is 0 Å². The molecule has 0 aliphatic rings. The summed E-state index contributed by atoms with van der Waals surface area (Å²) in [5, 5.41) is 0. The Morgan fingerprint density at radius 2 is 1.08 bits per heavy atom. The van der Waals surface area contributed by atoms with Crippen molar-refractivity contribution in [3.63, 3.8) is 0 Å². The van der Waals surface area contributed by atoms with Crippen molar-refractivity contribution in [2.45, 2.75) is 104 Å². The Morgan fingerprint density at radius 1 is 0.692 bits per heavy atom. The molecule has 4 heteroatoms. The van der Waals surface area contributed by atoms with E-state index in [1.807, 2.05) is 12.1 Å². The van der Waals surface area contributed by atoms with Gasteiger partial charge in [-0.2, -0.15) is 0 Å². The summed E-state index contributed by atoms with van der Waals surface area (Å²) < 4.78 is 14.4. The lowest BCUT2D eigenvalue weighted by Crippen LogP contribution is -2.17. The molecule has 26 heavy (non-hydrogen) atoms. The van der Waals surface area contributed by atoms with Gasteiger partial charge >= 0.3 is 0 Å². The van der Waals surface area contributed by atoms with Crippen LogP contribution in [0, 0.1) is 0 Å². The molecule has 0 heterocycles. The molecule has 0 saturated carbocycles. The van der Waals surface area contributed by atoms with Crippen molar-refractivity contribution in [2.24, 2.45) is 0 Å². The molecular formula is C22H36Br2O2. The first-order chi connectivity index (χ1) is 12.5. The number of halogens is 2. The summed E-state index contributed by atoms with van der Waals surface area (Å²) in [5.41, 5.74) is 0. The Bertz CT molecular complexity index is 459. The standard InChI is InChI=1S/C22H36Br2O2/c1-5-9-11-13-17(7-3)25-21-15-20(24)22(16-19(21)23)26-18(8-4)14-12-10-6-2/h15-18H,5-14H2,1-4H3. The van der Waals surface area contributed by atoms with Crippen LogP contribution in [0.15, 0.2) is 21.1 Å². The summed E-state index contributed by atoms with van der Waals surface area (Å²) in [4.78, 5) is 0. The minimum Gasteiger partial charge on any atom is -0.489 e. The second kappa shape index (κ2) is 13.9. The van der Waals surface area contributed by atoms with Gasteiger partial charge in [-0.1, -0.05) is 53.4 Å². The largest absolute Gasteiger partial charge is 0.489 e. The zero-order valence-corrected chi connectivity index (χ0v) is 20.1. The molecule has 1 aromatic carbocycles. The zero-order chi connectivity index (χ0) is 19.4. The molecule has 0 fully saturated rings. The third-order valence-corrected chi connectivity index (χ3v) is 5.98. The van der Waals surface area contributed by atoms with Gasteiger partial charge in [0, 0.05) is 0 Å². The van der Waals surface area contributed by atoms with Crippen molar-refractivity contribution in [3.8, 4) is 11.5 Å². The van der Waals surface area contributed by atoms with Crippen molar-refractivity contribution >= 4 is 31.9 Å². The third kappa shape index (κ3) is 8.65. The number of hydrogen-bond acceptors (Lipinski definition) is 2. The van der Waals surface area contributed by atoms with Gasteiger partial charge in [-0.3, -0.25) is 0 Å². The Hall–Kier alpha value is -0.220. The Labute approximate surface area is 177 Å². The summed E-state index contributed by atoms with van der Waals surface area (Å²) in [6, 6.07) is 4.08. The van der Waals surface area contributed by atoms with Gasteiger partial charge < -0.3 is 9.47 Å². The highest BCUT2D eigenvalue weighted by atomic mass is 79.9. The molecule has 2 unspecified atom stereocenters. The first-order valence-electron chi connectivity index (χ1n) is 10.4. The zero-order valence-electron chi connectivity index (χ0n) is 17.0. The smallest absolute Gasteiger partial charge is 0.135 e. The molecule has 0 radical (unpaired) electrons. The van der Waals surface area contributed by atoms with Crippen molar-refractivity contribution in [1.29, 1.82) is 0 Å². The fourth-order valence-corrected chi connectivity index (χ4v) is 3.82. The SMILES string of the molecule is CCCCCC(CC)Oc1cc(Br)c(OC(CC)CCCCC)cc1Br. The second-order valence-corrected chi connectivity index (χ2v) is 8.71. The maximum Gasteiger partial charge on any atom is 0.135 e. The summed E-state index contributed by atoms with van der Waals surface area (Å²) in [6.07, 6.45) is 12.3. The number of rotatable bonds is 14. The highest BCUT2D eigenvalue weighted by molar-refractivity contribution is 9.11.